The molecular formula is C11H15N3O2. The fourth-order valence-electron chi connectivity index (χ4n) is 1.59. The minimum absolute atomic E-state index is 0.233. The van der Waals surface area contributed by atoms with E-state index in [1.54, 1.807) is 12.1 Å². The van der Waals surface area contributed by atoms with Gasteiger partial charge in [0, 0.05) is 6.54 Å². The number of hydrogen-bond acceptors (Lipinski definition) is 5. The van der Waals surface area contributed by atoms with Gasteiger partial charge in [-0.05, 0) is 30.9 Å². The molecular weight excluding hydrogens is 206 g/mol. The molecule has 5 heteroatoms. The highest BCUT2D eigenvalue weighted by Crippen LogP contribution is 2.26. The van der Waals surface area contributed by atoms with Gasteiger partial charge in [0.2, 0.25) is 0 Å². The lowest BCUT2D eigenvalue weighted by atomic mass is 9.85. The Labute approximate surface area is 94.2 Å². The number of esters is 1. The predicted molar refractivity (Wildman–Crippen MR) is 59.2 cm³/mol. The van der Waals surface area contributed by atoms with Gasteiger partial charge in [0.25, 0.3) is 0 Å². The second-order valence-corrected chi connectivity index (χ2v) is 3.97. The third-order valence-corrected chi connectivity index (χ3v) is 2.86. The molecule has 1 saturated carbocycles. The molecule has 0 aliphatic heterocycles. The van der Waals surface area contributed by atoms with Crippen LogP contribution in [-0.4, -0.2) is 29.8 Å². The van der Waals surface area contributed by atoms with E-state index in [1.165, 1.54) is 26.4 Å². The summed E-state index contributed by atoms with van der Waals surface area (Å²) in [7, 11) is 1.33. The topological polar surface area (TPSA) is 64.1 Å². The molecule has 5 nitrogen and oxygen atoms in total. The number of carbonyl (C=O) groups is 1. The molecule has 1 fully saturated rings. The summed E-state index contributed by atoms with van der Waals surface area (Å²) in [5.74, 6) is 1.01. The number of methoxy groups -OCH3 is 1. The maximum atomic E-state index is 11.1. The van der Waals surface area contributed by atoms with Crippen LogP contribution in [0.25, 0.3) is 0 Å². The zero-order valence-corrected chi connectivity index (χ0v) is 9.27. The largest absolute Gasteiger partial charge is 0.464 e. The highest BCUT2D eigenvalue weighted by Gasteiger charge is 2.17. The van der Waals surface area contributed by atoms with Gasteiger partial charge < -0.3 is 10.1 Å². The smallest absolute Gasteiger partial charge is 0.358 e. The van der Waals surface area contributed by atoms with Crippen molar-refractivity contribution in [2.75, 3.05) is 19.0 Å². The first-order valence-electron chi connectivity index (χ1n) is 5.45. The van der Waals surface area contributed by atoms with Crippen molar-refractivity contribution in [3.8, 4) is 0 Å². The van der Waals surface area contributed by atoms with Crippen LogP contribution in [0.5, 0.6) is 0 Å². The Morgan fingerprint density at radius 2 is 2.31 bits per heavy atom. The summed E-state index contributed by atoms with van der Waals surface area (Å²) < 4.78 is 4.54. The zero-order chi connectivity index (χ0) is 11.4. The van der Waals surface area contributed by atoms with Crippen molar-refractivity contribution in [2.24, 2.45) is 5.92 Å². The van der Waals surface area contributed by atoms with Crippen molar-refractivity contribution in [2.45, 2.75) is 19.3 Å². The van der Waals surface area contributed by atoms with Crippen molar-refractivity contribution in [1.29, 1.82) is 0 Å². The Morgan fingerprint density at radius 3 is 2.81 bits per heavy atom. The highest BCUT2D eigenvalue weighted by atomic mass is 16.5. The van der Waals surface area contributed by atoms with Crippen LogP contribution >= 0.6 is 0 Å². The van der Waals surface area contributed by atoms with Gasteiger partial charge in [-0.2, -0.15) is 0 Å². The number of nitrogens with one attached hydrogen (secondary N) is 1. The molecule has 0 unspecified atom stereocenters. The van der Waals surface area contributed by atoms with Crippen molar-refractivity contribution in [3.05, 3.63) is 17.8 Å². The summed E-state index contributed by atoms with van der Waals surface area (Å²) >= 11 is 0. The Bertz CT molecular complexity index is 360. The maximum Gasteiger partial charge on any atom is 0.358 e. The van der Waals surface area contributed by atoms with Crippen LogP contribution in [0.15, 0.2) is 12.1 Å². The lowest BCUT2D eigenvalue weighted by Gasteiger charge is -2.25. The van der Waals surface area contributed by atoms with Gasteiger partial charge in [0.05, 0.1) is 7.11 Å². The first-order valence-corrected chi connectivity index (χ1v) is 5.45. The molecule has 1 aliphatic carbocycles. The minimum Gasteiger partial charge on any atom is -0.464 e. The van der Waals surface area contributed by atoms with Crippen LogP contribution in [0.3, 0.4) is 0 Å². The summed E-state index contributed by atoms with van der Waals surface area (Å²) in [5, 5.41) is 10.9. The van der Waals surface area contributed by atoms with E-state index in [-0.39, 0.29) is 5.69 Å². The van der Waals surface area contributed by atoms with E-state index >= 15 is 0 Å². The molecule has 86 valence electrons. The van der Waals surface area contributed by atoms with E-state index in [0.717, 1.165) is 12.5 Å². The highest BCUT2D eigenvalue weighted by molar-refractivity contribution is 5.86. The first-order chi connectivity index (χ1) is 7.79. The van der Waals surface area contributed by atoms with Crippen LogP contribution in [0.4, 0.5) is 5.82 Å². The van der Waals surface area contributed by atoms with Gasteiger partial charge in [0.15, 0.2) is 5.69 Å². The Kier molecular flexibility index (Phi) is 3.34. The molecule has 0 radical (unpaired) electrons. The van der Waals surface area contributed by atoms with Gasteiger partial charge in [0.1, 0.15) is 5.82 Å². The Morgan fingerprint density at radius 1 is 1.50 bits per heavy atom. The number of ether oxygens (including phenoxy) is 1. The van der Waals surface area contributed by atoms with E-state index in [4.69, 9.17) is 0 Å². The fraction of sp³-hybridized carbons (Fsp3) is 0.545. The van der Waals surface area contributed by atoms with Crippen LogP contribution in [0.1, 0.15) is 29.8 Å². The average Bonchev–Trinajstić information content (AvgIpc) is 2.27. The fourth-order valence-corrected chi connectivity index (χ4v) is 1.59. The molecule has 0 aromatic carbocycles. The Balaban J connectivity index is 1.88. The molecule has 0 amide bonds. The van der Waals surface area contributed by atoms with Crippen molar-refractivity contribution in [1.82, 2.24) is 10.2 Å². The Hall–Kier alpha value is -1.65. The maximum absolute atomic E-state index is 11.1. The molecule has 0 saturated heterocycles. The lowest BCUT2D eigenvalue weighted by Crippen LogP contribution is -2.21. The van der Waals surface area contributed by atoms with Gasteiger partial charge in [-0.15, -0.1) is 10.2 Å². The molecule has 16 heavy (non-hydrogen) atoms. The summed E-state index contributed by atoms with van der Waals surface area (Å²) in [6.45, 7) is 0.937. The van der Waals surface area contributed by atoms with E-state index < -0.39 is 5.97 Å². The van der Waals surface area contributed by atoms with E-state index in [2.05, 4.69) is 20.3 Å². The zero-order valence-electron chi connectivity index (χ0n) is 9.27. The second-order valence-electron chi connectivity index (χ2n) is 3.97. The number of rotatable bonds is 4. The molecule has 1 heterocycles. The normalized spacial score (nSPS) is 15.3. The van der Waals surface area contributed by atoms with Gasteiger partial charge in [-0.3, -0.25) is 0 Å². The van der Waals surface area contributed by atoms with Crippen LogP contribution in [0, 0.1) is 5.92 Å². The number of aromatic nitrogens is 2. The third-order valence-electron chi connectivity index (χ3n) is 2.86. The number of nitrogens with zero attached hydrogens (tertiary/aromatic N) is 2. The van der Waals surface area contributed by atoms with Crippen molar-refractivity contribution in [3.63, 3.8) is 0 Å². The van der Waals surface area contributed by atoms with Crippen molar-refractivity contribution >= 4 is 11.8 Å². The molecule has 0 spiro atoms. The lowest BCUT2D eigenvalue weighted by molar-refractivity contribution is 0.0593. The van der Waals surface area contributed by atoms with Crippen LogP contribution < -0.4 is 5.32 Å². The van der Waals surface area contributed by atoms with E-state index in [1.807, 2.05) is 0 Å². The van der Waals surface area contributed by atoms with E-state index in [0.29, 0.717) is 5.82 Å². The third kappa shape index (κ3) is 2.48. The molecule has 1 N–H and O–H groups in total. The van der Waals surface area contributed by atoms with Gasteiger partial charge >= 0.3 is 5.97 Å². The molecule has 1 aromatic rings. The predicted octanol–water partition coefficient (Wildman–Crippen LogP) is 1.48. The molecule has 1 aliphatic rings. The van der Waals surface area contributed by atoms with Crippen LogP contribution in [0.2, 0.25) is 0 Å². The average molecular weight is 221 g/mol. The number of hydrogen-bond donors (Lipinski definition) is 1. The minimum atomic E-state index is -0.460. The standard InChI is InChI=1S/C11H15N3O2/c1-16-11(15)9-5-6-10(14-13-9)12-7-8-3-2-4-8/h5-6,8H,2-4,7H2,1H3,(H,12,14). The quantitative estimate of drug-likeness (QED) is 0.780. The van der Waals surface area contributed by atoms with Gasteiger partial charge in [-0.25, -0.2) is 4.79 Å². The van der Waals surface area contributed by atoms with Crippen LogP contribution in [-0.2, 0) is 4.74 Å². The summed E-state index contributed by atoms with van der Waals surface area (Å²) in [6.07, 6.45) is 3.92. The molecule has 0 atom stereocenters. The number of carbonyl (C=O) groups excluding carboxylic acids is 1. The number of anilines is 1. The molecule has 0 bridgehead atoms. The molecule has 1 aromatic heterocycles. The SMILES string of the molecule is COC(=O)c1ccc(NCC2CCC2)nn1. The summed E-state index contributed by atoms with van der Waals surface area (Å²) in [4.78, 5) is 11.1. The monoisotopic (exact) mass is 221 g/mol. The summed E-state index contributed by atoms with van der Waals surface area (Å²) in [6, 6.07) is 3.36. The van der Waals surface area contributed by atoms with E-state index in [9.17, 15) is 4.79 Å². The van der Waals surface area contributed by atoms with Gasteiger partial charge in [-0.1, -0.05) is 6.42 Å². The molecule has 2 rings (SSSR count). The van der Waals surface area contributed by atoms with Crippen molar-refractivity contribution < 1.29 is 9.53 Å². The summed E-state index contributed by atoms with van der Waals surface area (Å²) in [5.41, 5.74) is 0.233. The second kappa shape index (κ2) is 4.92. The first kappa shape index (κ1) is 10.9.